The number of hydrogen-bond donors (Lipinski definition) is 1. The Bertz CT molecular complexity index is 3620. The molecule has 0 bridgehead atoms. The Kier molecular flexibility index (Phi) is 5.96. The average molecular weight is 703 g/mol. The van der Waals surface area contributed by atoms with E-state index < -0.39 is 0 Å². The molecule has 6 nitrogen and oxygen atoms in total. The number of nitriles is 1. The van der Waals surface area contributed by atoms with E-state index in [0.717, 1.165) is 55.6 Å². The van der Waals surface area contributed by atoms with Crippen LogP contribution in [0.15, 0.2) is 158 Å². The number of pyridine rings is 1. The highest BCUT2D eigenvalue weighted by Crippen LogP contribution is 2.45. The first-order valence-corrected chi connectivity index (χ1v) is 18.5. The first kappa shape index (κ1) is 29.9. The van der Waals surface area contributed by atoms with E-state index in [9.17, 15) is 5.26 Å². The van der Waals surface area contributed by atoms with Gasteiger partial charge in [-0.2, -0.15) is 5.26 Å². The summed E-state index contributed by atoms with van der Waals surface area (Å²) in [4.78, 5) is 8.91. The fourth-order valence-corrected chi connectivity index (χ4v) is 9.37. The molecule has 12 aromatic rings. The molecule has 7 aromatic carbocycles. The molecule has 0 saturated carbocycles. The minimum atomic E-state index is 0.617. The fraction of sp³-hybridized carbons (Fsp3) is 0.0204. The predicted molar refractivity (Wildman–Crippen MR) is 226 cm³/mol. The van der Waals surface area contributed by atoms with E-state index in [2.05, 4.69) is 165 Å². The van der Waals surface area contributed by atoms with Crippen LogP contribution in [0, 0.1) is 11.3 Å². The lowest BCUT2D eigenvalue weighted by Crippen LogP contribution is -2.05. The average Bonchev–Trinajstić information content (AvgIpc) is 3.97. The third kappa shape index (κ3) is 3.93. The number of H-pyrrole nitrogens is 1. The van der Waals surface area contributed by atoms with E-state index in [1.165, 1.54) is 54.1 Å². The highest BCUT2D eigenvalue weighted by atomic mass is 15.1. The monoisotopic (exact) mass is 702 g/mol. The van der Waals surface area contributed by atoms with Crippen LogP contribution in [0.2, 0.25) is 0 Å². The second kappa shape index (κ2) is 11.0. The SMILES string of the molecule is Cn1c2ccccc2c2ccc3c4ccccc4n(-c4cncc(-n5c6ccccc6c6ccc7c8ccccc8[nH]c7c65)c4-c4ccc(C#N)cc4)c3c21. The minimum absolute atomic E-state index is 0.617. The lowest BCUT2D eigenvalue weighted by molar-refractivity contribution is 1.01. The Morgan fingerprint density at radius 2 is 1.00 bits per heavy atom. The van der Waals surface area contributed by atoms with Crippen molar-refractivity contribution < 1.29 is 0 Å². The number of nitrogens with one attached hydrogen (secondary N) is 1. The summed E-state index contributed by atoms with van der Waals surface area (Å²) in [5.74, 6) is 0. The predicted octanol–water partition coefficient (Wildman–Crippen LogP) is 12.1. The van der Waals surface area contributed by atoms with Crippen LogP contribution in [-0.4, -0.2) is 23.7 Å². The van der Waals surface area contributed by atoms with Gasteiger partial charge in [0.25, 0.3) is 0 Å². The molecule has 0 radical (unpaired) electrons. The van der Waals surface area contributed by atoms with Gasteiger partial charge in [0.1, 0.15) is 0 Å². The number of para-hydroxylation sites is 4. The normalized spacial score (nSPS) is 12.1. The second-order valence-electron chi connectivity index (χ2n) is 14.4. The highest BCUT2D eigenvalue weighted by molar-refractivity contribution is 6.25. The number of aromatic amines is 1. The molecule has 0 amide bonds. The molecule has 0 aliphatic carbocycles. The van der Waals surface area contributed by atoms with Crippen molar-refractivity contribution in [1.82, 2.24) is 23.7 Å². The van der Waals surface area contributed by atoms with Crippen LogP contribution in [0.4, 0.5) is 0 Å². The van der Waals surface area contributed by atoms with Crippen molar-refractivity contribution in [3.05, 3.63) is 164 Å². The summed E-state index contributed by atoms with van der Waals surface area (Å²) in [6, 6.07) is 53.9. The zero-order valence-electron chi connectivity index (χ0n) is 29.7. The number of aromatic nitrogens is 5. The van der Waals surface area contributed by atoms with Crippen LogP contribution in [0.5, 0.6) is 0 Å². The Morgan fingerprint density at radius 1 is 0.491 bits per heavy atom. The van der Waals surface area contributed by atoms with Crippen molar-refractivity contribution in [2.24, 2.45) is 7.05 Å². The summed E-state index contributed by atoms with van der Waals surface area (Å²) in [7, 11) is 2.17. The summed E-state index contributed by atoms with van der Waals surface area (Å²) in [5, 5.41) is 19.4. The third-order valence-corrected chi connectivity index (χ3v) is 11.7. The quantitative estimate of drug-likeness (QED) is 0.199. The summed E-state index contributed by atoms with van der Waals surface area (Å²) in [5.41, 5.74) is 13.5. The van der Waals surface area contributed by atoms with Crippen LogP contribution in [0.25, 0.3) is 110 Å². The molecule has 0 atom stereocenters. The standard InChI is InChI=1S/C49H30N6/c1-53-40-15-7-3-11-32(40)37-24-25-38-34-13-5-9-17-42(34)55(49(38)48(37)53)44-28-51-27-43(45(44)30-20-18-29(26-50)19-21-30)54-41-16-8-4-12-33(41)36-23-22-35-31-10-2-6-14-39(31)52-46(35)47(36)54/h2-25,27-28,52H,1H3. The topological polar surface area (TPSA) is 67.3 Å². The number of aryl methyl sites for hydroxylation is 1. The van der Waals surface area contributed by atoms with Gasteiger partial charge in [0, 0.05) is 66.7 Å². The maximum absolute atomic E-state index is 9.86. The van der Waals surface area contributed by atoms with Crippen molar-refractivity contribution in [3.63, 3.8) is 0 Å². The smallest absolute Gasteiger partial charge is 0.0991 e. The Labute approximate surface area is 314 Å². The number of fused-ring (bicyclic) bond motifs is 14. The molecule has 0 spiro atoms. The molecule has 256 valence electrons. The van der Waals surface area contributed by atoms with Crippen LogP contribution < -0.4 is 0 Å². The maximum atomic E-state index is 9.86. The number of rotatable bonds is 3. The summed E-state index contributed by atoms with van der Waals surface area (Å²) in [6.45, 7) is 0. The van der Waals surface area contributed by atoms with Crippen molar-refractivity contribution in [3.8, 4) is 28.6 Å². The zero-order chi connectivity index (χ0) is 36.4. The van der Waals surface area contributed by atoms with Gasteiger partial charge in [-0.15, -0.1) is 0 Å². The van der Waals surface area contributed by atoms with Gasteiger partial charge in [0.15, 0.2) is 0 Å². The van der Waals surface area contributed by atoms with Gasteiger partial charge in [-0.1, -0.05) is 109 Å². The molecule has 0 saturated heterocycles. The van der Waals surface area contributed by atoms with Gasteiger partial charge in [-0.3, -0.25) is 4.98 Å². The van der Waals surface area contributed by atoms with E-state index in [4.69, 9.17) is 4.98 Å². The Morgan fingerprint density at radius 3 is 1.65 bits per heavy atom. The molecule has 5 heterocycles. The highest BCUT2D eigenvalue weighted by Gasteiger charge is 2.25. The summed E-state index contributed by atoms with van der Waals surface area (Å²) >= 11 is 0. The number of nitrogens with zero attached hydrogens (tertiary/aromatic N) is 5. The molecule has 0 aliphatic rings. The number of hydrogen-bond acceptors (Lipinski definition) is 2. The molecule has 12 rings (SSSR count). The fourth-order valence-electron chi connectivity index (χ4n) is 9.37. The summed E-state index contributed by atoms with van der Waals surface area (Å²) in [6.07, 6.45) is 4.02. The number of benzene rings is 7. The van der Waals surface area contributed by atoms with Gasteiger partial charge >= 0.3 is 0 Å². The maximum Gasteiger partial charge on any atom is 0.0991 e. The van der Waals surface area contributed by atoms with Gasteiger partial charge in [0.2, 0.25) is 0 Å². The van der Waals surface area contributed by atoms with Gasteiger partial charge in [0.05, 0.1) is 68.5 Å². The van der Waals surface area contributed by atoms with Crippen LogP contribution in [-0.2, 0) is 7.05 Å². The van der Waals surface area contributed by atoms with Gasteiger partial charge in [-0.05, 0) is 42.0 Å². The first-order valence-electron chi connectivity index (χ1n) is 18.5. The molecule has 55 heavy (non-hydrogen) atoms. The Hall–Kier alpha value is -7.62. The Balaban J connectivity index is 1.29. The molecule has 1 N–H and O–H groups in total. The van der Waals surface area contributed by atoms with E-state index in [-0.39, 0.29) is 0 Å². The van der Waals surface area contributed by atoms with Crippen LogP contribution >= 0.6 is 0 Å². The van der Waals surface area contributed by atoms with E-state index in [1.807, 2.05) is 24.5 Å². The van der Waals surface area contributed by atoms with Gasteiger partial charge in [-0.25, -0.2) is 0 Å². The van der Waals surface area contributed by atoms with Crippen LogP contribution in [0.3, 0.4) is 0 Å². The van der Waals surface area contributed by atoms with Crippen molar-refractivity contribution in [2.75, 3.05) is 0 Å². The largest absolute Gasteiger partial charge is 0.353 e. The first-order chi connectivity index (χ1) is 27.2. The lowest BCUT2D eigenvalue weighted by Gasteiger charge is -2.20. The molecule has 0 unspecified atom stereocenters. The third-order valence-electron chi connectivity index (χ3n) is 11.7. The second-order valence-corrected chi connectivity index (χ2v) is 14.4. The van der Waals surface area contributed by atoms with Crippen LogP contribution in [0.1, 0.15) is 5.56 Å². The molecular weight excluding hydrogens is 673 g/mol. The lowest BCUT2D eigenvalue weighted by atomic mass is 10.0. The summed E-state index contributed by atoms with van der Waals surface area (Å²) < 4.78 is 7.15. The van der Waals surface area contributed by atoms with E-state index in [1.54, 1.807) is 0 Å². The minimum Gasteiger partial charge on any atom is -0.353 e. The molecule has 6 heteroatoms. The van der Waals surface area contributed by atoms with Crippen molar-refractivity contribution >= 4 is 87.2 Å². The van der Waals surface area contributed by atoms with Crippen molar-refractivity contribution in [2.45, 2.75) is 0 Å². The molecule has 0 fully saturated rings. The molecule has 5 aromatic heterocycles. The van der Waals surface area contributed by atoms with Gasteiger partial charge < -0.3 is 18.7 Å². The molecular formula is C49H30N6. The van der Waals surface area contributed by atoms with E-state index in [0.29, 0.717) is 5.56 Å². The van der Waals surface area contributed by atoms with E-state index >= 15 is 0 Å². The molecule has 0 aliphatic heterocycles. The van der Waals surface area contributed by atoms with Crippen molar-refractivity contribution in [1.29, 1.82) is 5.26 Å². The zero-order valence-corrected chi connectivity index (χ0v) is 29.7.